The van der Waals surface area contributed by atoms with Crippen molar-refractivity contribution in [1.29, 1.82) is 0 Å². The number of hydrogen-bond acceptors (Lipinski definition) is 3. The molecule has 128 valence electrons. The average molecular weight is 333 g/mol. The number of para-hydroxylation sites is 1. The van der Waals surface area contributed by atoms with Gasteiger partial charge in [-0.1, -0.05) is 18.2 Å². The summed E-state index contributed by atoms with van der Waals surface area (Å²) in [5, 5.41) is 9.46. The van der Waals surface area contributed by atoms with E-state index in [0.717, 1.165) is 30.0 Å². The fourth-order valence-electron chi connectivity index (χ4n) is 3.47. The van der Waals surface area contributed by atoms with Crippen LogP contribution in [0, 0.1) is 13.8 Å². The van der Waals surface area contributed by atoms with Crippen molar-refractivity contribution < 1.29 is 0 Å². The summed E-state index contributed by atoms with van der Waals surface area (Å²) in [6, 6.07) is 10.7. The van der Waals surface area contributed by atoms with Crippen LogP contribution in [0.3, 0.4) is 0 Å². The zero-order valence-electron chi connectivity index (χ0n) is 14.9. The van der Waals surface area contributed by atoms with Gasteiger partial charge in [-0.25, -0.2) is 9.50 Å². The third-order valence-corrected chi connectivity index (χ3v) is 4.87. The highest BCUT2D eigenvalue weighted by atomic mass is 15.3. The molecule has 0 aliphatic heterocycles. The molecule has 0 amide bonds. The summed E-state index contributed by atoms with van der Waals surface area (Å²) in [6.07, 6.45) is 5.07. The minimum Gasteiger partial charge on any atom is -0.361 e. The summed E-state index contributed by atoms with van der Waals surface area (Å²) in [7, 11) is 0. The first-order valence-electron chi connectivity index (χ1n) is 8.74. The molecule has 0 saturated heterocycles. The lowest BCUT2D eigenvalue weighted by atomic mass is 10.1. The molecule has 0 aliphatic rings. The Bertz CT molecular complexity index is 1030. The average Bonchev–Trinajstić information content (AvgIpc) is 3.19. The molecule has 0 spiro atoms. The molecule has 4 rings (SSSR count). The summed E-state index contributed by atoms with van der Waals surface area (Å²) >= 11 is 0. The summed E-state index contributed by atoms with van der Waals surface area (Å²) in [5.41, 5.74) is 6.78. The standard InChI is InChI=1S/C20H23N5/c1-13-10-20-23-12-18(15(3)25(20)24-13)14(2)21-9-8-16-11-22-19-7-5-4-6-17(16)19/h4-7,10-12,14,21-22H,8-9H2,1-3H3. The smallest absolute Gasteiger partial charge is 0.155 e. The fraction of sp³-hybridized carbons (Fsp3) is 0.300. The summed E-state index contributed by atoms with van der Waals surface area (Å²) < 4.78 is 1.93. The van der Waals surface area contributed by atoms with Gasteiger partial charge in [0.25, 0.3) is 0 Å². The molecule has 1 unspecified atom stereocenters. The number of aromatic nitrogens is 4. The van der Waals surface area contributed by atoms with Crippen LogP contribution in [-0.2, 0) is 6.42 Å². The lowest BCUT2D eigenvalue weighted by Crippen LogP contribution is -2.23. The summed E-state index contributed by atoms with van der Waals surface area (Å²) in [5.74, 6) is 0. The topological polar surface area (TPSA) is 58.0 Å². The molecule has 0 bridgehead atoms. The van der Waals surface area contributed by atoms with Crippen molar-refractivity contribution in [3.05, 3.63) is 65.2 Å². The number of rotatable bonds is 5. The Kier molecular flexibility index (Phi) is 4.01. The molecule has 0 aliphatic carbocycles. The van der Waals surface area contributed by atoms with Crippen LogP contribution in [0.2, 0.25) is 0 Å². The first-order valence-corrected chi connectivity index (χ1v) is 8.74. The Morgan fingerprint density at radius 3 is 2.96 bits per heavy atom. The highest BCUT2D eigenvalue weighted by Crippen LogP contribution is 2.20. The lowest BCUT2D eigenvalue weighted by molar-refractivity contribution is 0.568. The monoisotopic (exact) mass is 333 g/mol. The van der Waals surface area contributed by atoms with E-state index in [9.17, 15) is 0 Å². The first kappa shape index (κ1) is 15.8. The number of aromatic amines is 1. The van der Waals surface area contributed by atoms with Crippen LogP contribution >= 0.6 is 0 Å². The minimum atomic E-state index is 0.228. The molecular formula is C20H23N5. The molecule has 5 nitrogen and oxygen atoms in total. The maximum atomic E-state index is 4.54. The summed E-state index contributed by atoms with van der Waals surface area (Å²) in [4.78, 5) is 7.88. The Hall–Kier alpha value is -2.66. The minimum absolute atomic E-state index is 0.228. The maximum Gasteiger partial charge on any atom is 0.155 e. The number of hydrogen-bond donors (Lipinski definition) is 2. The van der Waals surface area contributed by atoms with Gasteiger partial charge in [0.15, 0.2) is 5.65 Å². The van der Waals surface area contributed by atoms with Crippen LogP contribution in [0.5, 0.6) is 0 Å². The van der Waals surface area contributed by atoms with Gasteiger partial charge in [0, 0.05) is 46.7 Å². The van der Waals surface area contributed by atoms with E-state index in [1.54, 1.807) is 0 Å². The first-order chi connectivity index (χ1) is 12.1. The van der Waals surface area contributed by atoms with Crippen LogP contribution < -0.4 is 5.32 Å². The molecule has 1 atom stereocenters. The van der Waals surface area contributed by atoms with Crippen molar-refractivity contribution >= 4 is 16.6 Å². The third kappa shape index (κ3) is 2.91. The van der Waals surface area contributed by atoms with Gasteiger partial charge in [0.05, 0.1) is 5.69 Å². The maximum absolute atomic E-state index is 4.54. The molecule has 0 saturated carbocycles. The quantitative estimate of drug-likeness (QED) is 0.585. The Morgan fingerprint density at radius 2 is 2.08 bits per heavy atom. The highest BCUT2D eigenvalue weighted by molar-refractivity contribution is 5.83. The second-order valence-corrected chi connectivity index (χ2v) is 6.64. The number of nitrogens with one attached hydrogen (secondary N) is 2. The highest BCUT2D eigenvalue weighted by Gasteiger charge is 2.13. The van der Waals surface area contributed by atoms with Crippen molar-refractivity contribution in [1.82, 2.24) is 24.9 Å². The van der Waals surface area contributed by atoms with Crippen molar-refractivity contribution in [3.63, 3.8) is 0 Å². The predicted molar refractivity (Wildman–Crippen MR) is 101 cm³/mol. The normalized spacial score (nSPS) is 12.9. The molecule has 2 N–H and O–H groups in total. The van der Waals surface area contributed by atoms with Gasteiger partial charge >= 0.3 is 0 Å². The molecule has 4 aromatic rings. The van der Waals surface area contributed by atoms with Crippen molar-refractivity contribution in [2.24, 2.45) is 0 Å². The van der Waals surface area contributed by atoms with Crippen molar-refractivity contribution in [2.75, 3.05) is 6.54 Å². The van der Waals surface area contributed by atoms with Gasteiger partial charge in [0.1, 0.15) is 0 Å². The van der Waals surface area contributed by atoms with E-state index in [4.69, 9.17) is 0 Å². The Labute approximate surface area is 147 Å². The Balaban J connectivity index is 1.47. The molecular weight excluding hydrogens is 310 g/mol. The number of benzene rings is 1. The van der Waals surface area contributed by atoms with Crippen LogP contribution in [-0.4, -0.2) is 26.1 Å². The largest absolute Gasteiger partial charge is 0.361 e. The molecule has 1 aromatic carbocycles. The SMILES string of the molecule is Cc1cc2ncc(C(C)NCCc3c[nH]c4ccccc34)c(C)n2n1. The van der Waals surface area contributed by atoms with Crippen molar-refractivity contribution in [2.45, 2.75) is 33.2 Å². The van der Waals surface area contributed by atoms with E-state index in [0.29, 0.717) is 0 Å². The van der Waals surface area contributed by atoms with Gasteiger partial charge in [-0.3, -0.25) is 0 Å². The number of aryl methyl sites for hydroxylation is 2. The van der Waals surface area contributed by atoms with Gasteiger partial charge in [-0.05, 0) is 45.4 Å². The molecule has 3 heterocycles. The molecule has 25 heavy (non-hydrogen) atoms. The van der Waals surface area contributed by atoms with E-state index in [1.165, 1.54) is 22.0 Å². The molecule has 5 heteroatoms. The van der Waals surface area contributed by atoms with E-state index in [2.05, 4.69) is 64.7 Å². The van der Waals surface area contributed by atoms with Crippen LogP contribution in [0.25, 0.3) is 16.6 Å². The zero-order valence-corrected chi connectivity index (χ0v) is 14.9. The van der Waals surface area contributed by atoms with Crippen LogP contribution in [0.4, 0.5) is 0 Å². The van der Waals surface area contributed by atoms with E-state index >= 15 is 0 Å². The van der Waals surface area contributed by atoms with Crippen LogP contribution in [0.1, 0.15) is 35.5 Å². The Morgan fingerprint density at radius 1 is 1.24 bits per heavy atom. The van der Waals surface area contributed by atoms with Gasteiger partial charge < -0.3 is 10.3 Å². The fourth-order valence-corrected chi connectivity index (χ4v) is 3.47. The molecule has 3 aromatic heterocycles. The number of nitrogens with zero attached hydrogens (tertiary/aromatic N) is 3. The third-order valence-electron chi connectivity index (χ3n) is 4.87. The zero-order chi connectivity index (χ0) is 17.4. The lowest BCUT2D eigenvalue weighted by Gasteiger charge is -2.16. The van der Waals surface area contributed by atoms with Crippen molar-refractivity contribution in [3.8, 4) is 0 Å². The van der Waals surface area contributed by atoms with E-state index < -0.39 is 0 Å². The second kappa shape index (κ2) is 6.33. The number of H-pyrrole nitrogens is 1. The van der Waals surface area contributed by atoms with Gasteiger partial charge in [0.2, 0.25) is 0 Å². The predicted octanol–water partition coefficient (Wildman–Crippen LogP) is 3.72. The molecule has 0 fully saturated rings. The van der Waals surface area contributed by atoms with Gasteiger partial charge in [-0.2, -0.15) is 5.10 Å². The number of fused-ring (bicyclic) bond motifs is 2. The summed E-state index contributed by atoms with van der Waals surface area (Å²) in [6.45, 7) is 7.20. The molecule has 0 radical (unpaired) electrons. The van der Waals surface area contributed by atoms with Crippen LogP contribution in [0.15, 0.2) is 42.7 Å². The van der Waals surface area contributed by atoms with E-state index in [1.807, 2.05) is 23.7 Å². The van der Waals surface area contributed by atoms with Gasteiger partial charge in [-0.15, -0.1) is 0 Å². The van der Waals surface area contributed by atoms with E-state index in [-0.39, 0.29) is 6.04 Å². The second-order valence-electron chi connectivity index (χ2n) is 6.64.